The number of aromatic amines is 1. The molecule has 1 aromatic heterocycles. The molecule has 0 aromatic carbocycles. The van der Waals surface area contributed by atoms with Gasteiger partial charge < -0.3 is 10.5 Å². The molecule has 0 aliphatic heterocycles. The van der Waals surface area contributed by atoms with E-state index in [9.17, 15) is 9.59 Å². The number of ether oxygens (including phenoxy) is 1. The van der Waals surface area contributed by atoms with Crippen LogP contribution in [0.3, 0.4) is 0 Å². The molecule has 1 unspecified atom stereocenters. The Morgan fingerprint density at radius 3 is 2.86 bits per heavy atom. The first kappa shape index (κ1) is 10.5. The van der Waals surface area contributed by atoms with Gasteiger partial charge in [-0.25, -0.2) is 4.79 Å². The number of anilines is 1. The second-order valence-corrected chi connectivity index (χ2v) is 3.04. The van der Waals surface area contributed by atoms with Crippen molar-refractivity contribution in [1.82, 2.24) is 9.55 Å². The molecule has 1 aromatic rings. The molecule has 0 fully saturated rings. The molecule has 78 valence electrons. The summed E-state index contributed by atoms with van der Waals surface area (Å²) in [5, 5.41) is 0. The molecule has 0 aliphatic rings. The molecule has 0 radical (unpaired) electrons. The van der Waals surface area contributed by atoms with Crippen LogP contribution in [0.15, 0.2) is 15.8 Å². The second kappa shape index (κ2) is 4.10. The van der Waals surface area contributed by atoms with Crippen molar-refractivity contribution in [2.45, 2.75) is 19.6 Å². The van der Waals surface area contributed by atoms with Crippen LogP contribution in [-0.2, 0) is 11.3 Å². The zero-order valence-corrected chi connectivity index (χ0v) is 8.11. The first-order valence-electron chi connectivity index (χ1n) is 4.16. The van der Waals surface area contributed by atoms with Gasteiger partial charge in [0.05, 0.1) is 12.6 Å². The van der Waals surface area contributed by atoms with Gasteiger partial charge in [0.2, 0.25) is 0 Å². The SMILES string of the molecule is COC(C)Cn1cc(N)c(=O)[nH]c1=O. The third-order valence-electron chi connectivity index (χ3n) is 1.89. The van der Waals surface area contributed by atoms with Crippen molar-refractivity contribution in [3.8, 4) is 0 Å². The number of nitrogen functional groups attached to an aromatic ring is 1. The Labute approximate surface area is 80.3 Å². The van der Waals surface area contributed by atoms with Crippen LogP contribution in [0.5, 0.6) is 0 Å². The van der Waals surface area contributed by atoms with E-state index >= 15 is 0 Å². The zero-order chi connectivity index (χ0) is 10.7. The largest absolute Gasteiger partial charge is 0.393 e. The average Bonchev–Trinajstić information content (AvgIpc) is 2.14. The van der Waals surface area contributed by atoms with Crippen LogP contribution in [0.2, 0.25) is 0 Å². The molecule has 6 nitrogen and oxygen atoms in total. The highest BCUT2D eigenvalue weighted by atomic mass is 16.5. The number of nitrogens with two attached hydrogens (primary N) is 1. The van der Waals surface area contributed by atoms with E-state index in [0.29, 0.717) is 6.54 Å². The van der Waals surface area contributed by atoms with E-state index in [1.54, 1.807) is 7.11 Å². The van der Waals surface area contributed by atoms with Crippen LogP contribution in [0.4, 0.5) is 5.69 Å². The lowest BCUT2D eigenvalue weighted by Gasteiger charge is -2.11. The number of hydrogen-bond donors (Lipinski definition) is 2. The molecule has 0 saturated heterocycles. The summed E-state index contributed by atoms with van der Waals surface area (Å²) < 4.78 is 6.30. The van der Waals surface area contributed by atoms with Gasteiger partial charge in [0.25, 0.3) is 5.56 Å². The first-order valence-corrected chi connectivity index (χ1v) is 4.16. The number of nitrogens with zero attached hydrogens (tertiary/aromatic N) is 1. The van der Waals surface area contributed by atoms with E-state index < -0.39 is 11.2 Å². The van der Waals surface area contributed by atoms with Crippen LogP contribution >= 0.6 is 0 Å². The summed E-state index contributed by atoms with van der Waals surface area (Å²) in [6, 6.07) is 0. The van der Waals surface area contributed by atoms with Crippen molar-refractivity contribution in [2.24, 2.45) is 0 Å². The normalized spacial score (nSPS) is 12.7. The molecule has 0 spiro atoms. The number of hydrogen-bond acceptors (Lipinski definition) is 4. The standard InChI is InChI=1S/C8H13N3O3/c1-5(14-2)3-11-4-6(9)7(12)10-8(11)13/h4-5H,3,9H2,1-2H3,(H,10,12,13). The molecule has 0 saturated carbocycles. The predicted molar refractivity (Wildman–Crippen MR) is 52.2 cm³/mol. The fraction of sp³-hybridized carbons (Fsp3) is 0.500. The van der Waals surface area contributed by atoms with Crippen molar-refractivity contribution in [3.63, 3.8) is 0 Å². The summed E-state index contributed by atoms with van der Waals surface area (Å²) in [5.41, 5.74) is 4.35. The van der Waals surface area contributed by atoms with Gasteiger partial charge in [-0.05, 0) is 6.92 Å². The second-order valence-electron chi connectivity index (χ2n) is 3.04. The van der Waals surface area contributed by atoms with Crippen LogP contribution in [0, 0.1) is 0 Å². The molecule has 0 aliphatic carbocycles. The maximum Gasteiger partial charge on any atom is 0.328 e. The number of aromatic nitrogens is 2. The molecule has 1 atom stereocenters. The van der Waals surface area contributed by atoms with Crippen LogP contribution in [0.1, 0.15) is 6.92 Å². The Kier molecular flexibility index (Phi) is 3.08. The van der Waals surface area contributed by atoms with Gasteiger partial charge in [-0.1, -0.05) is 0 Å². The molecule has 0 bridgehead atoms. The minimum absolute atomic E-state index is 0.0212. The molecular formula is C8H13N3O3. The number of rotatable bonds is 3. The Morgan fingerprint density at radius 1 is 1.64 bits per heavy atom. The molecular weight excluding hydrogens is 186 g/mol. The maximum absolute atomic E-state index is 11.2. The zero-order valence-electron chi connectivity index (χ0n) is 8.11. The Hall–Kier alpha value is -1.56. The van der Waals surface area contributed by atoms with Gasteiger partial charge in [-0.15, -0.1) is 0 Å². The van der Waals surface area contributed by atoms with Crippen molar-refractivity contribution in [3.05, 3.63) is 27.0 Å². The molecule has 3 N–H and O–H groups in total. The lowest BCUT2D eigenvalue weighted by molar-refractivity contribution is 0.102. The highest BCUT2D eigenvalue weighted by Crippen LogP contribution is 1.93. The van der Waals surface area contributed by atoms with E-state index in [1.807, 2.05) is 6.92 Å². The van der Waals surface area contributed by atoms with Crippen molar-refractivity contribution in [2.75, 3.05) is 12.8 Å². The van der Waals surface area contributed by atoms with E-state index in [-0.39, 0.29) is 11.8 Å². The van der Waals surface area contributed by atoms with Crippen molar-refractivity contribution >= 4 is 5.69 Å². The first-order chi connectivity index (χ1) is 6.54. The fourth-order valence-corrected chi connectivity index (χ4v) is 1.01. The summed E-state index contributed by atoms with van der Waals surface area (Å²) in [7, 11) is 1.55. The summed E-state index contributed by atoms with van der Waals surface area (Å²) in [6.45, 7) is 2.17. The Morgan fingerprint density at radius 2 is 2.29 bits per heavy atom. The lowest BCUT2D eigenvalue weighted by atomic mass is 10.4. The molecule has 0 amide bonds. The topological polar surface area (TPSA) is 90.1 Å². The number of nitrogens with one attached hydrogen (secondary N) is 1. The van der Waals surface area contributed by atoms with Gasteiger partial charge in [-0.3, -0.25) is 14.3 Å². The van der Waals surface area contributed by atoms with E-state index in [0.717, 1.165) is 0 Å². The van der Waals surface area contributed by atoms with Crippen LogP contribution in [0.25, 0.3) is 0 Å². The minimum atomic E-state index is -0.559. The number of methoxy groups -OCH3 is 1. The van der Waals surface area contributed by atoms with E-state index in [1.165, 1.54) is 10.8 Å². The highest BCUT2D eigenvalue weighted by molar-refractivity contribution is 5.30. The van der Waals surface area contributed by atoms with Gasteiger partial charge >= 0.3 is 5.69 Å². The maximum atomic E-state index is 11.2. The summed E-state index contributed by atoms with van der Waals surface area (Å²) in [6.07, 6.45) is 1.20. The van der Waals surface area contributed by atoms with Gasteiger partial charge in [0.1, 0.15) is 5.69 Å². The van der Waals surface area contributed by atoms with Crippen LogP contribution in [-0.4, -0.2) is 22.8 Å². The molecule has 1 heterocycles. The summed E-state index contributed by atoms with van der Waals surface area (Å²) >= 11 is 0. The summed E-state index contributed by atoms with van der Waals surface area (Å²) in [5.74, 6) is 0. The van der Waals surface area contributed by atoms with Gasteiger partial charge in [0, 0.05) is 13.3 Å². The molecule has 6 heteroatoms. The fourth-order valence-electron chi connectivity index (χ4n) is 1.01. The average molecular weight is 199 g/mol. The van der Waals surface area contributed by atoms with Crippen molar-refractivity contribution < 1.29 is 4.74 Å². The summed E-state index contributed by atoms with van der Waals surface area (Å²) in [4.78, 5) is 24.3. The van der Waals surface area contributed by atoms with E-state index in [4.69, 9.17) is 10.5 Å². The third-order valence-corrected chi connectivity index (χ3v) is 1.89. The van der Waals surface area contributed by atoms with Gasteiger partial charge in [0.15, 0.2) is 0 Å². The van der Waals surface area contributed by atoms with Crippen molar-refractivity contribution in [1.29, 1.82) is 0 Å². The van der Waals surface area contributed by atoms with Gasteiger partial charge in [-0.2, -0.15) is 0 Å². The third kappa shape index (κ3) is 2.23. The highest BCUT2D eigenvalue weighted by Gasteiger charge is 2.05. The van der Waals surface area contributed by atoms with Crippen LogP contribution < -0.4 is 17.0 Å². The smallest absolute Gasteiger partial charge is 0.328 e. The monoisotopic (exact) mass is 199 g/mol. The molecule has 1 rings (SSSR count). The predicted octanol–water partition coefficient (Wildman–Crippen LogP) is -0.846. The lowest BCUT2D eigenvalue weighted by Crippen LogP contribution is -2.33. The Balaban J connectivity index is 3.04. The quantitative estimate of drug-likeness (QED) is 0.663. The number of H-pyrrole nitrogens is 1. The van der Waals surface area contributed by atoms with E-state index in [2.05, 4.69) is 4.98 Å². The Bertz CT molecular complexity index is 421. The minimum Gasteiger partial charge on any atom is -0.393 e. The molecule has 14 heavy (non-hydrogen) atoms.